The van der Waals surface area contributed by atoms with E-state index in [1.807, 2.05) is 20.8 Å². The number of carbonyl (C=O) groups excluding carboxylic acids is 2. The van der Waals surface area contributed by atoms with Crippen LogP contribution in [0.5, 0.6) is 6.01 Å². The monoisotopic (exact) mass is 886 g/mol. The van der Waals surface area contributed by atoms with Crippen molar-refractivity contribution >= 4 is 55.3 Å². The highest BCUT2D eigenvalue weighted by Crippen LogP contribution is 2.50. The molecule has 4 atom stereocenters. The number of nitrogens with zero attached hydrogens (tertiary/aromatic N) is 7. The van der Waals surface area contributed by atoms with Gasteiger partial charge in [0, 0.05) is 61.2 Å². The van der Waals surface area contributed by atoms with Gasteiger partial charge in [-0.1, -0.05) is 0 Å². The Kier molecular flexibility index (Phi) is 10.2. The molecule has 8 heterocycles. The van der Waals surface area contributed by atoms with Crippen molar-refractivity contribution in [2.45, 2.75) is 129 Å². The number of benzene rings is 1. The van der Waals surface area contributed by atoms with Crippen LogP contribution in [-0.2, 0) is 32.2 Å². The third-order valence-corrected chi connectivity index (χ3v) is 14.0. The van der Waals surface area contributed by atoms with Crippen molar-refractivity contribution in [1.29, 1.82) is 5.26 Å². The lowest BCUT2D eigenvalue weighted by atomic mass is 9.93. The number of likely N-dealkylation sites (tertiary alicyclic amines) is 2. The van der Waals surface area contributed by atoms with Crippen molar-refractivity contribution in [3.8, 4) is 23.3 Å². The Bertz CT molecular complexity index is 2560. The predicted molar refractivity (Wildman–Crippen MR) is 230 cm³/mol. The summed E-state index contributed by atoms with van der Waals surface area (Å²) in [5, 5.41) is 13.7. The summed E-state index contributed by atoms with van der Waals surface area (Å²) in [5.41, 5.74) is -0.515. The number of morpholine rings is 1. The molecular weight excluding hydrogens is 835 g/mol. The highest BCUT2D eigenvalue weighted by Gasteiger charge is 2.48. The average Bonchev–Trinajstić information content (AvgIpc) is 3.46. The number of fused-ring (bicyclic) bond motifs is 8. The maximum atomic E-state index is 18.0. The van der Waals surface area contributed by atoms with Gasteiger partial charge in [-0.2, -0.15) is 15.2 Å². The number of nitriles is 1. The normalized spacial score (nSPS) is 23.9. The number of pyridine rings is 1. The molecule has 1 aromatic carbocycles. The molecule has 5 fully saturated rings. The summed E-state index contributed by atoms with van der Waals surface area (Å²) in [4.78, 5) is 47.0. The third-order valence-electron chi connectivity index (χ3n) is 12.9. The second-order valence-electron chi connectivity index (χ2n) is 20.0. The first-order chi connectivity index (χ1) is 30.0. The second kappa shape index (κ2) is 15.3. The summed E-state index contributed by atoms with van der Waals surface area (Å²) < 4.78 is 63.6. The number of rotatable bonds is 8. The van der Waals surface area contributed by atoms with Gasteiger partial charge in [0.2, 0.25) is 0 Å². The van der Waals surface area contributed by atoms with Gasteiger partial charge in [-0.25, -0.2) is 18.4 Å². The molecule has 1 N–H and O–H groups in total. The van der Waals surface area contributed by atoms with E-state index in [0.29, 0.717) is 42.0 Å². The van der Waals surface area contributed by atoms with E-state index >= 15 is 8.78 Å². The van der Waals surface area contributed by atoms with Crippen LogP contribution < -0.4 is 15.0 Å². The topological polar surface area (TPSA) is 164 Å². The van der Waals surface area contributed by atoms with E-state index in [9.17, 15) is 14.9 Å². The van der Waals surface area contributed by atoms with Gasteiger partial charge in [0.05, 0.1) is 59.6 Å². The number of piperazine rings is 1. The van der Waals surface area contributed by atoms with Crippen LogP contribution in [0.4, 0.5) is 29.2 Å². The summed E-state index contributed by atoms with van der Waals surface area (Å²) >= 11 is 0.845. The number of ether oxygens (including phenoxy) is 5. The first-order valence-corrected chi connectivity index (χ1v) is 22.7. The lowest BCUT2D eigenvalue weighted by molar-refractivity contribution is -0.0460. The van der Waals surface area contributed by atoms with Crippen LogP contribution in [-0.4, -0.2) is 112 Å². The molecule has 4 unspecified atom stereocenters. The second-order valence-corrected chi connectivity index (χ2v) is 21.0. The molecule has 3 aromatic heterocycles. The number of amides is 2. The molecule has 18 heteroatoms. The minimum absolute atomic E-state index is 0.00978. The van der Waals surface area contributed by atoms with Gasteiger partial charge in [-0.15, -0.1) is 11.3 Å². The van der Waals surface area contributed by atoms with Crippen molar-refractivity contribution in [2.24, 2.45) is 5.41 Å². The van der Waals surface area contributed by atoms with E-state index in [0.717, 1.165) is 75.7 Å². The fourth-order valence-electron chi connectivity index (χ4n) is 10.1. The van der Waals surface area contributed by atoms with Crippen LogP contribution in [0.2, 0.25) is 0 Å². The van der Waals surface area contributed by atoms with Crippen molar-refractivity contribution in [2.75, 3.05) is 49.5 Å². The fourth-order valence-corrected chi connectivity index (χ4v) is 11.1. The average molecular weight is 887 g/mol. The molecule has 4 aromatic rings. The molecule has 0 spiro atoms. The lowest BCUT2D eigenvalue weighted by Gasteiger charge is -2.42. The number of hydrogen-bond donors (Lipinski definition) is 1. The van der Waals surface area contributed by atoms with Gasteiger partial charge >= 0.3 is 18.2 Å². The van der Waals surface area contributed by atoms with Crippen LogP contribution in [0, 0.1) is 28.4 Å². The highest BCUT2D eigenvalue weighted by atomic mass is 32.1. The summed E-state index contributed by atoms with van der Waals surface area (Å²) in [6.07, 6.45) is 6.03. The highest BCUT2D eigenvalue weighted by molar-refractivity contribution is 7.23. The number of hydrogen-bond acceptors (Lipinski definition) is 14. The molecule has 0 radical (unpaired) electrons. The SMILES string of the molecule is CC(C)(C)OC(=O)Nc1sc2c(F)cnc(-c3c4c(c5c(N6C7CCC6CN(C(=O)OC(C)(C)C)C7)nc(OCC6(CN7CC8CCC(C7)O8)CC6)nc5c3F)COC4)c2c1C#N. The number of aromatic nitrogens is 3. The number of thiophene rings is 1. The number of carbonyl (C=O) groups is 2. The zero-order chi connectivity index (χ0) is 44.2. The number of anilines is 2. The van der Waals surface area contributed by atoms with E-state index in [-0.39, 0.29) is 92.4 Å². The van der Waals surface area contributed by atoms with E-state index in [2.05, 4.69) is 26.2 Å². The van der Waals surface area contributed by atoms with Crippen molar-refractivity contribution in [1.82, 2.24) is 24.8 Å². The molecule has 334 valence electrons. The number of halogens is 2. The first kappa shape index (κ1) is 42.0. The Morgan fingerprint density at radius 1 is 0.952 bits per heavy atom. The Hall–Kier alpha value is -4.96. The van der Waals surface area contributed by atoms with Crippen LogP contribution in [0.25, 0.3) is 32.2 Å². The Labute approximate surface area is 368 Å². The smallest absolute Gasteiger partial charge is 0.412 e. The molecule has 4 bridgehead atoms. The maximum Gasteiger partial charge on any atom is 0.412 e. The minimum atomic E-state index is -0.837. The molecular formula is C45H52F2N8O7S. The molecule has 63 heavy (non-hydrogen) atoms. The molecule has 5 aliphatic heterocycles. The zero-order valence-electron chi connectivity index (χ0n) is 36.4. The lowest BCUT2D eigenvalue weighted by Crippen LogP contribution is -2.56. The van der Waals surface area contributed by atoms with Gasteiger partial charge in [0.15, 0.2) is 11.6 Å². The maximum absolute atomic E-state index is 18.0. The van der Waals surface area contributed by atoms with Crippen LogP contribution in [0.15, 0.2) is 6.20 Å². The molecule has 15 nitrogen and oxygen atoms in total. The van der Waals surface area contributed by atoms with Crippen LogP contribution in [0.1, 0.15) is 96.8 Å². The Morgan fingerprint density at radius 2 is 1.63 bits per heavy atom. The van der Waals surface area contributed by atoms with E-state index in [1.165, 1.54) is 0 Å². The van der Waals surface area contributed by atoms with Gasteiger partial charge in [0.25, 0.3) is 0 Å². The standard InChI is InChI=1S/C45H52F2N8O7S/c1-43(2,3)61-41(56)52-39-27(13-48)32-35(49-14-30(46)37(32)63-39)31-28-19-58-20-29(28)33-36(34(31)47)50-40(59-22-45(11-12-45)21-53-17-25-9-10-26(18-53)60-25)51-38(33)55-23-7-8-24(55)16-54(15-23)42(57)62-44(4,5)6/h14,23-26H,7-12,15-22H2,1-6H3,(H,52,56). The summed E-state index contributed by atoms with van der Waals surface area (Å²) in [5.74, 6) is -0.978. The Balaban J connectivity index is 1.08. The number of nitrogens with one attached hydrogen (secondary N) is 1. The van der Waals surface area contributed by atoms with Crippen LogP contribution >= 0.6 is 11.3 Å². The van der Waals surface area contributed by atoms with Gasteiger partial charge < -0.3 is 33.5 Å². The fraction of sp³-hybridized carbons (Fsp3) is 0.600. The van der Waals surface area contributed by atoms with E-state index < -0.39 is 28.9 Å². The molecule has 10 rings (SSSR count). The van der Waals surface area contributed by atoms with E-state index in [1.54, 1.807) is 25.7 Å². The molecule has 4 saturated heterocycles. The van der Waals surface area contributed by atoms with Crippen molar-refractivity contribution < 1.29 is 42.1 Å². The predicted octanol–water partition coefficient (Wildman–Crippen LogP) is 8.04. The molecule has 1 saturated carbocycles. The van der Waals surface area contributed by atoms with Crippen LogP contribution in [0.3, 0.4) is 0 Å². The van der Waals surface area contributed by atoms with Gasteiger partial charge in [0.1, 0.15) is 33.6 Å². The zero-order valence-corrected chi connectivity index (χ0v) is 37.3. The molecule has 1 aliphatic carbocycles. The van der Waals surface area contributed by atoms with Crippen molar-refractivity contribution in [3.05, 3.63) is 34.5 Å². The van der Waals surface area contributed by atoms with Gasteiger partial charge in [-0.3, -0.25) is 15.2 Å². The Morgan fingerprint density at radius 3 is 2.29 bits per heavy atom. The van der Waals surface area contributed by atoms with Crippen molar-refractivity contribution in [3.63, 3.8) is 0 Å². The summed E-state index contributed by atoms with van der Waals surface area (Å²) in [7, 11) is 0. The first-order valence-electron chi connectivity index (χ1n) is 21.9. The largest absolute Gasteiger partial charge is 0.463 e. The third kappa shape index (κ3) is 7.88. The minimum Gasteiger partial charge on any atom is -0.463 e. The summed E-state index contributed by atoms with van der Waals surface area (Å²) in [6.45, 7) is 14.6. The molecule has 6 aliphatic rings. The molecule has 2 amide bonds. The van der Waals surface area contributed by atoms with Gasteiger partial charge in [-0.05, 0) is 91.2 Å². The quantitative estimate of drug-likeness (QED) is 0.181. The summed E-state index contributed by atoms with van der Waals surface area (Å²) in [6, 6.07) is 1.84. The van der Waals surface area contributed by atoms with E-state index in [4.69, 9.17) is 33.7 Å².